The Balaban J connectivity index is 1.98. The molecule has 0 fully saturated rings. The molecule has 21 heavy (non-hydrogen) atoms. The van der Waals surface area contributed by atoms with Crippen LogP contribution >= 0.6 is 0 Å². The molecule has 1 amide bonds. The minimum atomic E-state index is -0.471. The van der Waals surface area contributed by atoms with Crippen LogP contribution in [0.5, 0.6) is 0 Å². The van der Waals surface area contributed by atoms with Gasteiger partial charge in [0.1, 0.15) is 0 Å². The smallest absolute Gasteiger partial charge is 0.276 e. The van der Waals surface area contributed by atoms with Gasteiger partial charge in [-0.2, -0.15) is 0 Å². The summed E-state index contributed by atoms with van der Waals surface area (Å²) in [6.45, 7) is 0.418. The number of nitrogens with one attached hydrogen (secondary N) is 1. The van der Waals surface area contributed by atoms with Crippen LogP contribution in [0, 0.1) is 10.1 Å². The summed E-state index contributed by atoms with van der Waals surface area (Å²) in [5.74, 6) is -0.294. The molecule has 2 rings (SSSR count). The Bertz CT molecular complexity index is 666. The number of nitro benzene ring substituents is 1. The summed E-state index contributed by atoms with van der Waals surface area (Å²) in [6, 6.07) is 15.8. The molecule has 0 aromatic heterocycles. The van der Waals surface area contributed by atoms with Crippen LogP contribution in [-0.2, 0) is 11.3 Å². The monoisotopic (exact) mass is 282 g/mol. The number of carbonyl (C=O) groups excluding carboxylic acids is 1. The molecule has 2 aromatic carbocycles. The molecule has 0 saturated heterocycles. The van der Waals surface area contributed by atoms with Gasteiger partial charge in [-0.15, -0.1) is 0 Å². The van der Waals surface area contributed by atoms with Crippen molar-refractivity contribution >= 4 is 17.7 Å². The Hall–Kier alpha value is -2.95. The molecule has 0 spiro atoms. The second-order valence-corrected chi connectivity index (χ2v) is 4.35. The maximum absolute atomic E-state index is 11.7. The highest BCUT2D eigenvalue weighted by atomic mass is 16.6. The third kappa shape index (κ3) is 4.28. The molecule has 0 aliphatic heterocycles. The largest absolute Gasteiger partial charge is 0.348 e. The van der Waals surface area contributed by atoms with Gasteiger partial charge in [-0.3, -0.25) is 14.9 Å². The average molecular weight is 282 g/mol. The third-order valence-electron chi connectivity index (χ3n) is 2.86. The van der Waals surface area contributed by atoms with Crippen molar-refractivity contribution in [1.29, 1.82) is 0 Å². The van der Waals surface area contributed by atoms with Crippen LogP contribution in [0.2, 0.25) is 0 Å². The second-order valence-electron chi connectivity index (χ2n) is 4.35. The minimum absolute atomic E-state index is 0.0235. The molecule has 0 aliphatic carbocycles. The highest BCUT2D eigenvalue weighted by molar-refractivity contribution is 5.92. The molecule has 0 saturated carbocycles. The van der Waals surface area contributed by atoms with Crippen LogP contribution in [0.4, 0.5) is 5.69 Å². The van der Waals surface area contributed by atoms with E-state index in [1.807, 2.05) is 30.3 Å². The van der Waals surface area contributed by atoms with E-state index in [9.17, 15) is 14.9 Å². The predicted molar refractivity (Wildman–Crippen MR) is 80.4 cm³/mol. The average Bonchev–Trinajstić information content (AvgIpc) is 2.52. The van der Waals surface area contributed by atoms with Crippen LogP contribution in [0.3, 0.4) is 0 Å². The van der Waals surface area contributed by atoms with E-state index in [0.717, 1.165) is 5.56 Å². The van der Waals surface area contributed by atoms with Crippen molar-refractivity contribution in [2.45, 2.75) is 6.54 Å². The topological polar surface area (TPSA) is 72.2 Å². The number of nitro groups is 1. The maximum Gasteiger partial charge on any atom is 0.276 e. The quantitative estimate of drug-likeness (QED) is 0.520. The Kier molecular flexibility index (Phi) is 4.82. The van der Waals surface area contributed by atoms with Crippen molar-refractivity contribution in [2.24, 2.45) is 0 Å². The number of hydrogen-bond acceptors (Lipinski definition) is 3. The van der Waals surface area contributed by atoms with E-state index in [1.54, 1.807) is 18.2 Å². The molecule has 0 radical (unpaired) electrons. The molecule has 1 N–H and O–H groups in total. The van der Waals surface area contributed by atoms with E-state index in [1.165, 1.54) is 18.2 Å². The number of para-hydroxylation sites is 1. The molecule has 106 valence electrons. The number of rotatable bonds is 5. The first-order valence-electron chi connectivity index (χ1n) is 6.40. The number of hydrogen-bond donors (Lipinski definition) is 1. The Morgan fingerprint density at radius 1 is 1.10 bits per heavy atom. The Morgan fingerprint density at radius 3 is 2.48 bits per heavy atom. The lowest BCUT2D eigenvalue weighted by atomic mass is 10.1. The molecule has 0 bridgehead atoms. The standard InChI is InChI=1S/C16H14N2O3/c19-16(17-12-13-6-2-1-3-7-13)11-10-14-8-4-5-9-15(14)18(20)21/h1-11H,12H2,(H,17,19)/b11-10-. The van der Waals surface area contributed by atoms with Crippen LogP contribution in [0.25, 0.3) is 6.08 Å². The van der Waals surface area contributed by atoms with Crippen LogP contribution in [-0.4, -0.2) is 10.8 Å². The van der Waals surface area contributed by atoms with Crippen molar-refractivity contribution in [3.8, 4) is 0 Å². The van der Waals surface area contributed by atoms with E-state index in [0.29, 0.717) is 12.1 Å². The third-order valence-corrected chi connectivity index (χ3v) is 2.86. The van der Waals surface area contributed by atoms with Gasteiger partial charge in [-0.1, -0.05) is 42.5 Å². The fourth-order valence-corrected chi connectivity index (χ4v) is 1.80. The zero-order valence-corrected chi connectivity index (χ0v) is 11.2. The fraction of sp³-hybridized carbons (Fsp3) is 0.0625. The van der Waals surface area contributed by atoms with E-state index in [-0.39, 0.29) is 11.6 Å². The van der Waals surface area contributed by atoms with Gasteiger partial charge in [-0.05, 0) is 17.7 Å². The Morgan fingerprint density at radius 2 is 1.76 bits per heavy atom. The molecule has 0 unspecified atom stereocenters. The van der Waals surface area contributed by atoms with Gasteiger partial charge in [0.2, 0.25) is 5.91 Å². The van der Waals surface area contributed by atoms with Crippen molar-refractivity contribution < 1.29 is 9.72 Å². The first-order valence-corrected chi connectivity index (χ1v) is 6.40. The lowest BCUT2D eigenvalue weighted by Gasteiger charge is -2.02. The van der Waals surface area contributed by atoms with Crippen molar-refractivity contribution in [3.05, 3.63) is 81.9 Å². The van der Waals surface area contributed by atoms with Crippen LogP contribution in [0.1, 0.15) is 11.1 Å². The van der Waals surface area contributed by atoms with Crippen molar-refractivity contribution in [1.82, 2.24) is 5.32 Å². The van der Waals surface area contributed by atoms with Gasteiger partial charge in [0, 0.05) is 18.7 Å². The van der Waals surface area contributed by atoms with E-state index < -0.39 is 4.92 Å². The fourth-order valence-electron chi connectivity index (χ4n) is 1.80. The molecule has 5 nitrogen and oxygen atoms in total. The normalized spacial score (nSPS) is 10.5. The molecule has 0 aliphatic rings. The summed E-state index contributed by atoms with van der Waals surface area (Å²) < 4.78 is 0. The van der Waals surface area contributed by atoms with Gasteiger partial charge < -0.3 is 5.32 Å². The molecular formula is C16H14N2O3. The SMILES string of the molecule is O=C(/C=C\c1ccccc1[N+](=O)[O-])NCc1ccccc1. The van der Waals surface area contributed by atoms with Gasteiger partial charge in [0.25, 0.3) is 5.69 Å². The van der Waals surface area contributed by atoms with Crippen molar-refractivity contribution in [3.63, 3.8) is 0 Å². The number of nitrogens with zero attached hydrogens (tertiary/aromatic N) is 1. The van der Waals surface area contributed by atoms with E-state index in [2.05, 4.69) is 5.32 Å². The minimum Gasteiger partial charge on any atom is -0.348 e. The lowest BCUT2D eigenvalue weighted by Crippen LogP contribution is -2.20. The summed E-state index contributed by atoms with van der Waals surface area (Å²) >= 11 is 0. The van der Waals surface area contributed by atoms with E-state index in [4.69, 9.17) is 0 Å². The van der Waals surface area contributed by atoms with Crippen molar-refractivity contribution in [2.75, 3.05) is 0 Å². The molecule has 5 heteroatoms. The van der Waals surface area contributed by atoms with Gasteiger partial charge >= 0.3 is 0 Å². The number of benzene rings is 2. The van der Waals surface area contributed by atoms with Gasteiger partial charge in [0.05, 0.1) is 10.5 Å². The highest BCUT2D eigenvalue weighted by Crippen LogP contribution is 2.18. The summed E-state index contributed by atoms with van der Waals surface area (Å²) in [5, 5.41) is 13.6. The van der Waals surface area contributed by atoms with Crippen LogP contribution in [0.15, 0.2) is 60.7 Å². The first-order chi connectivity index (χ1) is 10.2. The molecular weight excluding hydrogens is 268 g/mol. The number of amides is 1. The highest BCUT2D eigenvalue weighted by Gasteiger charge is 2.09. The number of carbonyl (C=O) groups is 1. The zero-order valence-electron chi connectivity index (χ0n) is 11.2. The summed E-state index contributed by atoms with van der Waals surface area (Å²) in [6.07, 6.45) is 2.74. The van der Waals surface area contributed by atoms with Crippen LogP contribution < -0.4 is 5.32 Å². The summed E-state index contributed by atoms with van der Waals surface area (Å²) in [5.41, 5.74) is 1.37. The van der Waals surface area contributed by atoms with E-state index >= 15 is 0 Å². The predicted octanol–water partition coefficient (Wildman–Crippen LogP) is 2.92. The maximum atomic E-state index is 11.7. The zero-order chi connectivity index (χ0) is 15.1. The summed E-state index contributed by atoms with van der Waals surface area (Å²) in [7, 11) is 0. The van der Waals surface area contributed by atoms with Gasteiger partial charge in [0.15, 0.2) is 0 Å². The molecule has 2 aromatic rings. The first kappa shape index (κ1) is 14.5. The lowest BCUT2D eigenvalue weighted by molar-refractivity contribution is -0.385. The summed E-state index contributed by atoms with van der Waals surface area (Å²) in [4.78, 5) is 22.1. The van der Waals surface area contributed by atoms with Gasteiger partial charge in [-0.25, -0.2) is 0 Å². The Labute approximate surface area is 122 Å². The molecule has 0 atom stereocenters. The molecule has 0 heterocycles. The second kappa shape index (κ2) is 7.00.